The van der Waals surface area contributed by atoms with Crippen molar-refractivity contribution in [2.45, 2.75) is 19.5 Å². The molecule has 1 aromatic carbocycles. The number of carbonyl (C=O) groups is 3. The van der Waals surface area contributed by atoms with Gasteiger partial charge in [-0.3, -0.25) is 14.4 Å². The van der Waals surface area contributed by atoms with Crippen molar-refractivity contribution in [3.05, 3.63) is 35.4 Å². The monoisotopic (exact) mass is 372 g/mol. The molecule has 0 radical (unpaired) electrons. The molecule has 6 nitrogen and oxygen atoms in total. The Hall–Kier alpha value is -2.58. The Bertz CT molecular complexity index is 705. The van der Waals surface area contributed by atoms with Gasteiger partial charge in [0.15, 0.2) is 0 Å². The topological polar surface area (TPSA) is 86.7 Å². The summed E-state index contributed by atoms with van der Waals surface area (Å²) in [5.41, 5.74) is -1.65. The van der Waals surface area contributed by atoms with Crippen molar-refractivity contribution in [2.24, 2.45) is 11.8 Å². The van der Waals surface area contributed by atoms with E-state index in [0.29, 0.717) is 13.0 Å². The Morgan fingerprint density at radius 2 is 1.88 bits per heavy atom. The Labute approximate surface area is 148 Å². The van der Waals surface area contributed by atoms with Crippen LogP contribution in [0.2, 0.25) is 0 Å². The van der Waals surface area contributed by atoms with Crippen molar-refractivity contribution < 1.29 is 32.7 Å². The lowest BCUT2D eigenvalue weighted by Crippen LogP contribution is -2.49. The zero-order chi connectivity index (χ0) is 19.5. The highest BCUT2D eigenvalue weighted by atomic mass is 19.4. The van der Waals surface area contributed by atoms with Crippen LogP contribution in [0, 0.1) is 11.8 Å². The first-order valence-electron chi connectivity index (χ1n) is 8.04. The van der Waals surface area contributed by atoms with Crippen LogP contribution in [-0.4, -0.2) is 47.4 Å². The van der Waals surface area contributed by atoms with E-state index in [9.17, 15) is 27.6 Å². The summed E-state index contributed by atoms with van der Waals surface area (Å²) in [4.78, 5) is 36.7. The molecule has 2 amide bonds. The van der Waals surface area contributed by atoms with E-state index < -0.39 is 47.5 Å². The van der Waals surface area contributed by atoms with E-state index >= 15 is 0 Å². The van der Waals surface area contributed by atoms with Crippen LogP contribution in [-0.2, 0) is 15.8 Å². The van der Waals surface area contributed by atoms with Crippen LogP contribution in [0.25, 0.3) is 0 Å². The number of likely N-dealkylation sites (tertiary alicyclic amines) is 1. The number of carbonyl (C=O) groups excluding carboxylic acids is 2. The molecule has 2 unspecified atom stereocenters. The third kappa shape index (κ3) is 4.74. The van der Waals surface area contributed by atoms with Gasteiger partial charge in [-0.2, -0.15) is 13.2 Å². The minimum atomic E-state index is -4.69. The average Bonchev–Trinajstić information content (AvgIpc) is 2.58. The number of hydrogen-bond donors (Lipinski definition) is 2. The second-order valence-corrected chi connectivity index (χ2v) is 6.40. The molecule has 142 valence electrons. The minimum absolute atomic E-state index is 0.0181. The Morgan fingerprint density at radius 1 is 1.23 bits per heavy atom. The molecule has 0 aliphatic carbocycles. The molecule has 0 saturated carbocycles. The normalized spacial score (nSPS) is 20.5. The summed E-state index contributed by atoms with van der Waals surface area (Å²) in [7, 11) is 0. The van der Waals surface area contributed by atoms with Crippen molar-refractivity contribution in [1.82, 2.24) is 10.2 Å². The zero-order valence-electron chi connectivity index (χ0n) is 14.0. The maximum atomic E-state index is 12.9. The Kier molecular flexibility index (Phi) is 5.89. The van der Waals surface area contributed by atoms with Crippen LogP contribution in [0.15, 0.2) is 24.3 Å². The molecule has 0 bridgehead atoms. The Morgan fingerprint density at radius 3 is 2.50 bits per heavy atom. The minimum Gasteiger partial charge on any atom is -0.481 e. The van der Waals surface area contributed by atoms with Gasteiger partial charge < -0.3 is 15.3 Å². The summed E-state index contributed by atoms with van der Waals surface area (Å²) in [5, 5.41) is 11.3. The number of hydrogen-bond acceptors (Lipinski definition) is 3. The van der Waals surface area contributed by atoms with E-state index in [-0.39, 0.29) is 12.5 Å². The van der Waals surface area contributed by atoms with Gasteiger partial charge in [-0.1, -0.05) is 19.1 Å². The summed E-state index contributed by atoms with van der Waals surface area (Å²) >= 11 is 0. The van der Waals surface area contributed by atoms with Crippen molar-refractivity contribution in [1.29, 1.82) is 0 Å². The number of alkyl halides is 3. The summed E-state index contributed by atoms with van der Waals surface area (Å²) in [6.07, 6.45) is -4.24. The summed E-state index contributed by atoms with van der Waals surface area (Å²) < 4.78 is 38.8. The van der Waals surface area contributed by atoms with Crippen LogP contribution < -0.4 is 5.32 Å². The van der Waals surface area contributed by atoms with Gasteiger partial charge in [0.05, 0.1) is 23.6 Å². The molecule has 26 heavy (non-hydrogen) atoms. The van der Waals surface area contributed by atoms with Crippen LogP contribution in [0.1, 0.15) is 29.3 Å². The lowest BCUT2D eigenvalue weighted by Gasteiger charge is -2.34. The summed E-state index contributed by atoms with van der Waals surface area (Å²) in [5.74, 6) is -3.25. The van der Waals surface area contributed by atoms with Crippen molar-refractivity contribution in [2.75, 3.05) is 19.6 Å². The number of nitrogens with one attached hydrogen (secondary N) is 1. The van der Waals surface area contributed by atoms with Gasteiger partial charge in [0, 0.05) is 13.1 Å². The fourth-order valence-electron chi connectivity index (χ4n) is 3.03. The maximum absolute atomic E-state index is 12.9. The number of amides is 2. The summed E-state index contributed by atoms with van der Waals surface area (Å²) in [6, 6.07) is 4.30. The number of carboxylic acids is 1. The van der Waals surface area contributed by atoms with E-state index in [2.05, 4.69) is 5.32 Å². The largest absolute Gasteiger partial charge is 0.481 e. The number of carboxylic acid groups (broad SMARTS) is 1. The molecular weight excluding hydrogens is 353 g/mol. The van der Waals surface area contributed by atoms with Gasteiger partial charge in [0.25, 0.3) is 5.91 Å². The number of rotatable bonds is 4. The van der Waals surface area contributed by atoms with Crippen molar-refractivity contribution in [3.8, 4) is 0 Å². The van der Waals surface area contributed by atoms with Gasteiger partial charge >= 0.3 is 12.1 Å². The van der Waals surface area contributed by atoms with Crippen molar-refractivity contribution in [3.63, 3.8) is 0 Å². The molecule has 9 heteroatoms. The van der Waals surface area contributed by atoms with Gasteiger partial charge in [-0.25, -0.2) is 0 Å². The van der Waals surface area contributed by atoms with E-state index in [4.69, 9.17) is 5.11 Å². The van der Waals surface area contributed by atoms with Crippen molar-refractivity contribution >= 4 is 17.8 Å². The smallest absolute Gasteiger partial charge is 0.417 e. The molecule has 0 spiro atoms. The molecule has 1 heterocycles. The quantitative estimate of drug-likeness (QED) is 0.847. The maximum Gasteiger partial charge on any atom is 0.417 e. The molecule has 1 saturated heterocycles. The van der Waals surface area contributed by atoms with E-state index in [0.717, 1.165) is 12.1 Å². The highest BCUT2D eigenvalue weighted by molar-refractivity contribution is 5.97. The predicted molar refractivity (Wildman–Crippen MR) is 85.3 cm³/mol. The van der Waals surface area contributed by atoms with Gasteiger partial charge in [-0.05, 0) is 24.5 Å². The van der Waals surface area contributed by atoms with Gasteiger partial charge in [0.2, 0.25) is 5.91 Å². The molecule has 0 aromatic heterocycles. The first-order chi connectivity index (χ1) is 12.1. The highest BCUT2D eigenvalue weighted by Gasteiger charge is 2.35. The molecule has 2 atom stereocenters. The second-order valence-electron chi connectivity index (χ2n) is 6.40. The van der Waals surface area contributed by atoms with E-state index in [1.165, 1.54) is 17.0 Å². The molecule has 2 rings (SSSR count). The molecular formula is C17H19F3N2O4. The fourth-order valence-corrected chi connectivity index (χ4v) is 3.03. The molecule has 1 aromatic rings. The SMILES string of the molecule is CC1CC(C(=O)O)CN(C(=O)CNC(=O)c2ccccc2C(F)(F)F)C1. The third-order valence-electron chi connectivity index (χ3n) is 4.24. The first-order valence-corrected chi connectivity index (χ1v) is 8.04. The number of nitrogens with zero attached hydrogens (tertiary/aromatic N) is 1. The molecule has 2 N–H and O–H groups in total. The van der Waals surface area contributed by atoms with Gasteiger partial charge in [-0.15, -0.1) is 0 Å². The predicted octanol–water partition coefficient (Wildman–Crippen LogP) is 2.00. The molecule has 1 fully saturated rings. The lowest BCUT2D eigenvalue weighted by molar-refractivity contribution is -0.146. The van der Waals surface area contributed by atoms with Crippen LogP contribution in [0.4, 0.5) is 13.2 Å². The van der Waals surface area contributed by atoms with Crippen LogP contribution >= 0.6 is 0 Å². The standard InChI is InChI=1S/C17H19F3N2O4/c1-10-6-11(16(25)26)9-22(8-10)14(23)7-21-15(24)12-4-2-3-5-13(12)17(18,19)20/h2-5,10-11H,6-9H2,1H3,(H,21,24)(H,25,26). The summed E-state index contributed by atoms with van der Waals surface area (Å²) in [6.45, 7) is 1.68. The number of halogens is 3. The number of piperidine rings is 1. The second kappa shape index (κ2) is 7.76. The van der Waals surface area contributed by atoms with Crippen LogP contribution in [0.5, 0.6) is 0 Å². The van der Waals surface area contributed by atoms with E-state index in [1.807, 2.05) is 6.92 Å². The van der Waals surface area contributed by atoms with Gasteiger partial charge in [0.1, 0.15) is 0 Å². The fraction of sp³-hybridized carbons (Fsp3) is 0.471. The Balaban J connectivity index is 2.01. The third-order valence-corrected chi connectivity index (χ3v) is 4.24. The number of aliphatic carboxylic acids is 1. The van der Waals surface area contributed by atoms with Crippen LogP contribution in [0.3, 0.4) is 0 Å². The highest BCUT2D eigenvalue weighted by Crippen LogP contribution is 2.31. The first kappa shape index (κ1) is 19.7. The average molecular weight is 372 g/mol. The molecule has 1 aliphatic heterocycles. The zero-order valence-corrected chi connectivity index (χ0v) is 14.0. The lowest BCUT2D eigenvalue weighted by atomic mass is 9.90. The molecule has 1 aliphatic rings. The van der Waals surface area contributed by atoms with E-state index in [1.54, 1.807) is 0 Å². The number of benzene rings is 1.